The molecule has 0 aromatic heterocycles. The van der Waals surface area contributed by atoms with Crippen molar-refractivity contribution in [1.82, 2.24) is 15.1 Å². The fraction of sp³-hybridized carbons (Fsp3) is 0.391. The van der Waals surface area contributed by atoms with Crippen LogP contribution in [0.25, 0.3) is 0 Å². The molecule has 2 heterocycles. The number of amides is 3. The second kappa shape index (κ2) is 10.3. The van der Waals surface area contributed by atoms with Gasteiger partial charge in [0, 0.05) is 31.4 Å². The molecule has 4 rings (SSSR count). The second-order valence-electron chi connectivity index (χ2n) is 7.75. The van der Waals surface area contributed by atoms with Gasteiger partial charge in [-0.2, -0.15) is 0 Å². The summed E-state index contributed by atoms with van der Waals surface area (Å²) in [5.74, 6) is 0.919. The molecule has 8 heteroatoms. The fourth-order valence-corrected chi connectivity index (χ4v) is 3.83. The monoisotopic (exact) mass is 424 g/mol. The number of carbonyl (C=O) groups is 2. The van der Waals surface area contributed by atoms with E-state index in [2.05, 4.69) is 44.7 Å². The van der Waals surface area contributed by atoms with Gasteiger partial charge in [-0.15, -0.1) is 0 Å². The molecule has 2 aromatic carbocycles. The van der Waals surface area contributed by atoms with Gasteiger partial charge in [-0.25, -0.2) is 4.79 Å². The minimum absolute atomic E-state index is 0.202. The van der Waals surface area contributed by atoms with Gasteiger partial charge < -0.3 is 14.8 Å². The number of rotatable bonds is 5. The van der Waals surface area contributed by atoms with E-state index in [-0.39, 0.29) is 12.5 Å². The molecule has 31 heavy (non-hydrogen) atoms. The first kappa shape index (κ1) is 21.1. The molecule has 1 saturated heterocycles. The van der Waals surface area contributed by atoms with E-state index in [0.29, 0.717) is 30.4 Å². The Labute approximate surface area is 182 Å². The molecule has 0 aliphatic carbocycles. The number of hydrogen-bond acceptors (Lipinski definition) is 6. The molecule has 0 bridgehead atoms. The Morgan fingerprint density at radius 3 is 2.45 bits per heavy atom. The van der Waals surface area contributed by atoms with Crippen molar-refractivity contribution < 1.29 is 19.1 Å². The average molecular weight is 425 g/mol. The molecule has 1 fully saturated rings. The minimum atomic E-state index is -0.554. The van der Waals surface area contributed by atoms with Gasteiger partial charge in [-0.3, -0.25) is 19.9 Å². The molecule has 0 radical (unpaired) electrons. The molecule has 0 unspecified atom stereocenters. The minimum Gasteiger partial charge on any atom is -0.486 e. The first-order valence-corrected chi connectivity index (χ1v) is 10.6. The Balaban J connectivity index is 1.21. The maximum absolute atomic E-state index is 12.4. The largest absolute Gasteiger partial charge is 0.486 e. The van der Waals surface area contributed by atoms with Gasteiger partial charge in [0.05, 0.1) is 6.54 Å². The molecule has 0 spiro atoms. The molecule has 0 atom stereocenters. The zero-order chi connectivity index (χ0) is 21.5. The summed E-state index contributed by atoms with van der Waals surface area (Å²) in [7, 11) is 0. The van der Waals surface area contributed by atoms with Crippen LogP contribution in [-0.2, 0) is 11.3 Å². The lowest BCUT2D eigenvalue weighted by Gasteiger charge is -2.21. The third-order valence-electron chi connectivity index (χ3n) is 5.35. The van der Waals surface area contributed by atoms with Gasteiger partial charge in [0.1, 0.15) is 13.2 Å². The summed E-state index contributed by atoms with van der Waals surface area (Å²) in [5, 5.41) is 5.08. The topological polar surface area (TPSA) is 83.1 Å². The lowest BCUT2D eigenvalue weighted by atomic mass is 10.2. The van der Waals surface area contributed by atoms with E-state index < -0.39 is 6.03 Å². The normalized spacial score (nSPS) is 16.9. The average Bonchev–Trinajstić information content (AvgIpc) is 2.99. The summed E-state index contributed by atoms with van der Waals surface area (Å²) in [6, 6.07) is 15.0. The zero-order valence-corrected chi connectivity index (χ0v) is 17.5. The Morgan fingerprint density at radius 2 is 1.61 bits per heavy atom. The molecule has 2 N–H and O–H groups in total. The van der Waals surface area contributed by atoms with Crippen LogP contribution in [0.5, 0.6) is 11.5 Å². The van der Waals surface area contributed by atoms with Crippen LogP contribution in [0.2, 0.25) is 0 Å². The Morgan fingerprint density at radius 1 is 0.871 bits per heavy atom. The maximum Gasteiger partial charge on any atom is 0.325 e. The summed E-state index contributed by atoms with van der Waals surface area (Å²) in [4.78, 5) is 29.1. The summed E-state index contributed by atoms with van der Waals surface area (Å²) in [5.41, 5.74) is 1.84. The highest BCUT2D eigenvalue weighted by Gasteiger charge is 2.19. The fourth-order valence-electron chi connectivity index (χ4n) is 3.83. The van der Waals surface area contributed by atoms with Gasteiger partial charge in [0.2, 0.25) is 5.91 Å². The van der Waals surface area contributed by atoms with E-state index in [0.717, 1.165) is 39.1 Å². The molecule has 2 aromatic rings. The third kappa shape index (κ3) is 6.19. The molecule has 8 nitrogen and oxygen atoms in total. The maximum atomic E-state index is 12.4. The molecule has 2 aliphatic heterocycles. The van der Waals surface area contributed by atoms with Gasteiger partial charge in [0.15, 0.2) is 11.5 Å². The van der Waals surface area contributed by atoms with Crippen molar-refractivity contribution in [1.29, 1.82) is 0 Å². The van der Waals surface area contributed by atoms with E-state index in [4.69, 9.17) is 9.47 Å². The van der Waals surface area contributed by atoms with Crippen LogP contribution in [0, 0.1) is 0 Å². The highest BCUT2D eigenvalue weighted by molar-refractivity contribution is 6.01. The number of nitrogens with zero attached hydrogens (tertiary/aromatic N) is 2. The number of carbonyl (C=O) groups excluding carboxylic acids is 2. The van der Waals surface area contributed by atoms with E-state index >= 15 is 0 Å². The van der Waals surface area contributed by atoms with Gasteiger partial charge >= 0.3 is 6.03 Å². The molecular weight excluding hydrogens is 396 g/mol. The number of urea groups is 1. The van der Waals surface area contributed by atoms with Crippen LogP contribution in [0.1, 0.15) is 12.0 Å². The number of imide groups is 1. The summed E-state index contributed by atoms with van der Waals surface area (Å²) in [6.07, 6.45) is 0.990. The van der Waals surface area contributed by atoms with Crippen LogP contribution >= 0.6 is 0 Å². The van der Waals surface area contributed by atoms with Gasteiger partial charge in [-0.1, -0.05) is 30.3 Å². The standard InChI is InChI=1S/C23H28N4O4/c28-22(25-23(29)24-19-7-8-20-21(15-19)31-14-13-30-20)17-27-10-4-9-26(11-12-27)16-18-5-2-1-3-6-18/h1-3,5-8,15H,4,9-14,16-17H2,(H2,24,25,28,29). The Kier molecular flexibility index (Phi) is 7.01. The third-order valence-corrected chi connectivity index (χ3v) is 5.35. The molecule has 164 valence electrons. The van der Waals surface area contributed by atoms with Crippen LogP contribution in [0.3, 0.4) is 0 Å². The molecule has 2 aliphatic rings. The number of benzene rings is 2. The Bertz CT molecular complexity index is 906. The smallest absolute Gasteiger partial charge is 0.325 e. The van der Waals surface area contributed by atoms with Crippen molar-refractivity contribution in [2.75, 3.05) is 51.3 Å². The van der Waals surface area contributed by atoms with E-state index in [1.807, 2.05) is 6.07 Å². The first-order valence-electron chi connectivity index (χ1n) is 10.6. The summed E-state index contributed by atoms with van der Waals surface area (Å²) in [6.45, 7) is 5.62. The lowest BCUT2D eigenvalue weighted by molar-refractivity contribution is -0.121. The van der Waals surface area contributed by atoms with E-state index in [1.165, 1.54) is 5.56 Å². The summed E-state index contributed by atoms with van der Waals surface area (Å²) >= 11 is 0. The van der Waals surface area contributed by atoms with Crippen LogP contribution in [0.15, 0.2) is 48.5 Å². The van der Waals surface area contributed by atoms with Crippen LogP contribution in [0.4, 0.5) is 10.5 Å². The second-order valence-corrected chi connectivity index (χ2v) is 7.75. The number of fused-ring (bicyclic) bond motifs is 1. The number of ether oxygens (including phenoxy) is 2. The van der Waals surface area contributed by atoms with Gasteiger partial charge in [-0.05, 0) is 37.2 Å². The zero-order valence-electron chi connectivity index (χ0n) is 17.5. The van der Waals surface area contributed by atoms with E-state index in [1.54, 1.807) is 18.2 Å². The Hall–Kier alpha value is -3.10. The number of anilines is 1. The van der Waals surface area contributed by atoms with Crippen molar-refractivity contribution in [2.24, 2.45) is 0 Å². The van der Waals surface area contributed by atoms with Crippen LogP contribution in [-0.4, -0.2) is 67.7 Å². The molecule has 3 amide bonds. The highest BCUT2D eigenvalue weighted by atomic mass is 16.6. The molecule has 0 saturated carbocycles. The van der Waals surface area contributed by atoms with Crippen molar-refractivity contribution in [3.8, 4) is 11.5 Å². The van der Waals surface area contributed by atoms with Crippen molar-refractivity contribution >= 4 is 17.6 Å². The first-order chi connectivity index (χ1) is 15.2. The van der Waals surface area contributed by atoms with Crippen molar-refractivity contribution in [3.63, 3.8) is 0 Å². The number of nitrogens with one attached hydrogen (secondary N) is 2. The van der Waals surface area contributed by atoms with E-state index in [9.17, 15) is 9.59 Å². The van der Waals surface area contributed by atoms with Crippen LogP contribution < -0.4 is 20.1 Å². The SMILES string of the molecule is O=C(CN1CCCN(Cc2ccccc2)CC1)NC(=O)Nc1ccc2c(c1)OCCO2. The van der Waals surface area contributed by atoms with Crippen molar-refractivity contribution in [2.45, 2.75) is 13.0 Å². The lowest BCUT2D eigenvalue weighted by Crippen LogP contribution is -2.43. The number of hydrogen-bond donors (Lipinski definition) is 2. The predicted molar refractivity (Wildman–Crippen MR) is 117 cm³/mol. The quantitative estimate of drug-likeness (QED) is 0.767. The molecular formula is C23H28N4O4. The van der Waals surface area contributed by atoms with Crippen molar-refractivity contribution in [3.05, 3.63) is 54.1 Å². The predicted octanol–water partition coefficient (Wildman–Crippen LogP) is 2.31. The highest BCUT2D eigenvalue weighted by Crippen LogP contribution is 2.32. The summed E-state index contributed by atoms with van der Waals surface area (Å²) < 4.78 is 11.0. The van der Waals surface area contributed by atoms with Gasteiger partial charge in [0.25, 0.3) is 0 Å².